The molecular formula is C18H29N5O3. The van der Waals surface area contributed by atoms with Crippen molar-refractivity contribution in [3.8, 4) is 0 Å². The van der Waals surface area contributed by atoms with Crippen molar-refractivity contribution in [2.45, 2.75) is 26.7 Å². The molecule has 3 heterocycles. The molecule has 26 heavy (non-hydrogen) atoms. The van der Waals surface area contributed by atoms with Crippen molar-refractivity contribution in [1.29, 1.82) is 0 Å². The van der Waals surface area contributed by atoms with Crippen molar-refractivity contribution < 1.29 is 14.3 Å². The summed E-state index contributed by atoms with van der Waals surface area (Å²) in [5, 5.41) is 7.23. The number of piperazine rings is 1. The van der Waals surface area contributed by atoms with Gasteiger partial charge in [-0.3, -0.25) is 19.6 Å². The number of aromatic amines is 1. The maximum Gasteiger partial charge on any atom is 0.236 e. The molecule has 2 aliphatic heterocycles. The van der Waals surface area contributed by atoms with Gasteiger partial charge < -0.3 is 14.5 Å². The zero-order valence-electron chi connectivity index (χ0n) is 15.8. The molecule has 0 radical (unpaired) electrons. The lowest BCUT2D eigenvalue weighted by molar-refractivity contribution is -0.137. The zero-order chi connectivity index (χ0) is 18.5. The highest BCUT2D eigenvalue weighted by Crippen LogP contribution is 2.12. The van der Waals surface area contributed by atoms with Crippen molar-refractivity contribution in [2.75, 3.05) is 59.0 Å². The smallest absolute Gasteiger partial charge is 0.236 e. The van der Waals surface area contributed by atoms with E-state index in [1.165, 1.54) is 0 Å². The van der Waals surface area contributed by atoms with E-state index >= 15 is 0 Å². The summed E-state index contributed by atoms with van der Waals surface area (Å²) in [5.74, 6) is 0.335. The van der Waals surface area contributed by atoms with Crippen molar-refractivity contribution in [2.24, 2.45) is 0 Å². The number of H-pyrrole nitrogens is 1. The Morgan fingerprint density at radius 3 is 2.27 bits per heavy atom. The summed E-state index contributed by atoms with van der Waals surface area (Å²) in [6, 6.07) is 0. The Hall–Kier alpha value is -1.93. The SMILES string of the molecule is Cc1[nH]nc(CCC(=O)N2CCN(CC(=O)N3CCOCC3)CC2)c1C. The number of nitrogens with one attached hydrogen (secondary N) is 1. The van der Waals surface area contributed by atoms with E-state index in [9.17, 15) is 9.59 Å². The number of carbonyl (C=O) groups excluding carboxylic acids is 2. The van der Waals surface area contributed by atoms with Crippen LogP contribution in [0.5, 0.6) is 0 Å². The summed E-state index contributed by atoms with van der Waals surface area (Å²) >= 11 is 0. The monoisotopic (exact) mass is 363 g/mol. The molecule has 1 aromatic rings. The lowest BCUT2D eigenvalue weighted by atomic mass is 10.1. The number of rotatable bonds is 5. The van der Waals surface area contributed by atoms with Gasteiger partial charge in [0.15, 0.2) is 0 Å². The highest BCUT2D eigenvalue weighted by molar-refractivity contribution is 5.78. The van der Waals surface area contributed by atoms with E-state index in [1.54, 1.807) is 0 Å². The number of aryl methyl sites for hydroxylation is 2. The van der Waals surface area contributed by atoms with Crippen LogP contribution in [-0.4, -0.2) is 95.7 Å². The molecular weight excluding hydrogens is 334 g/mol. The predicted octanol–water partition coefficient (Wildman–Crippen LogP) is -0.0379. The number of nitrogens with zero attached hydrogens (tertiary/aromatic N) is 4. The Morgan fingerprint density at radius 2 is 1.65 bits per heavy atom. The fourth-order valence-corrected chi connectivity index (χ4v) is 3.42. The van der Waals surface area contributed by atoms with Gasteiger partial charge in [-0.2, -0.15) is 5.10 Å². The fourth-order valence-electron chi connectivity index (χ4n) is 3.42. The number of amides is 2. The molecule has 2 fully saturated rings. The minimum Gasteiger partial charge on any atom is -0.378 e. The Labute approximate surface area is 154 Å². The number of hydrogen-bond donors (Lipinski definition) is 1. The molecule has 144 valence electrons. The summed E-state index contributed by atoms with van der Waals surface area (Å²) < 4.78 is 5.29. The topological polar surface area (TPSA) is 81.8 Å². The highest BCUT2D eigenvalue weighted by atomic mass is 16.5. The molecule has 2 amide bonds. The van der Waals surface area contributed by atoms with E-state index in [1.807, 2.05) is 23.6 Å². The van der Waals surface area contributed by atoms with Crippen LogP contribution in [0.2, 0.25) is 0 Å². The molecule has 8 heteroatoms. The van der Waals surface area contributed by atoms with Crippen LogP contribution in [0.25, 0.3) is 0 Å². The molecule has 0 saturated carbocycles. The first-order valence-electron chi connectivity index (χ1n) is 9.40. The van der Waals surface area contributed by atoms with Crippen LogP contribution < -0.4 is 0 Å². The van der Waals surface area contributed by atoms with Crippen molar-refractivity contribution >= 4 is 11.8 Å². The molecule has 8 nitrogen and oxygen atoms in total. The van der Waals surface area contributed by atoms with Gasteiger partial charge in [0.1, 0.15) is 0 Å². The third-order valence-electron chi connectivity index (χ3n) is 5.38. The van der Waals surface area contributed by atoms with Crippen LogP contribution in [0.4, 0.5) is 0 Å². The van der Waals surface area contributed by atoms with Gasteiger partial charge in [0, 0.05) is 57.8 Å². The minimum atomic E-state index is 0.164. The Kier molecular flexibility index (Phi) is 6.26. The molecule has 2 saturated heterocycles. The Morgan fingerprint density at radius 1 is 1.00 bits per heavy atom. The van der Waals surface area contributed by atoms with E-state index < -0.39 is 0 Å². The second-order valence-corrected chi connectivity index (χ2v) is 7.07. The van der Waals surface area contributed by atoms with Gasteiger partial charge in [0.2, 0.25) is 11.8 Å². The first kappa shape index (κ1) is 18.8. The van der Waals surface area contributed by atoms with Gasteiger partial charge in [-0.15, -0.1) is 0 Å². The van der Waals surface area contributed by atoms with E-state index in [0.29, 0.717) is 58.8 Å². The largest absolute Gasteiger partial charge is 0.378 e. The van der Waals surface area contributed by atoms with E-state index in [2.05, 4.69) is 15.1 Å². The van der Waals surface area contributed by atoms with E-state index in [0.717, 1.165) is 30.0 Å². The third kappa shape index (κ3) is 4.62. The number of aromatic nitrogens is 2. The zero-order valence-corrected chi connectivity index (χ0v) is 15.8. The van der Waals surface area contributed by atoms with Crippen LogP contribution >= 0.6 is 0 Å². The fraction of sp³-hybridized carbons (Fsp3) is 0.722. The number of ether oxygens (including phenoxy) is 1. The molecule has 1 aromatic heterocycles. The quantitative estimate of drug-likeness (QED) is 0.794. The van der Waals surface area contributed by atoms with Gasteiger partial charge in [-0.25, -0.2) is 0 Å². The van der Waals surface area contributed by atoms with E-state index in [4.69, 9.17) is 4.74 Å². The molecule has 3 rings (SSSR count). The number of carbonyl (C=O) groups is 2. The molecule has 0 spiro atoms. The van der Waals surface area contributed by atoms with Crippen molar-refractivity contribution in [3.05, 3.63) is 17.0 Å². The lowest BCUT2D eigenvalue weighted by Crippen LogP contribution is -2.52. The highest BCUT2D eigenvalue weighted by Gasteiger charge is 2.25. The third-order valence-corrected chi connectivity index (χ3v) is 5.38. The van der Waals surface area contributed by atoms with Crippen LogP contribution in [0, 0.1) is 13.8 Å². The van der Waals surface area contributed by atoms with Crippen LogP contribution in [0.15, 0.2) is 0 Å². The lowest BCUT2D eigenvalue weighted by Gasteiger charge is -2.36. The average molecular weight is 363 g/mol. The van der Waals surface area contributed by atoms with Gasteiger partial charge >= 0.3 is 0 Å². The van der Waals surface area contributed by atoms with Crippen molar-refractivity contribution in [3.63, 3.8) is 0 Å². The van der Waals surface area contributed by atoms with Crippen LogP contribution in [0.3, 0.4) is 0 Å². The molecule has 0 aromatic carbocycles. The second-order valence-electron chi connectivity index (χ2n) is 7.07. The molecule has 0 aliphatic carbocycles. The average Bonchev–Trinajstić information content (AvgIpc) is 2.99. The Balaban J connectivity index is 1.39. The minimum absolute atomic E-state index is 0.164. The van der Waals surface area contributed by atoms with E-state index in [-0.39, 0.29) is 11.8 Å². The first-order chi connectivity index (χ1) is 12.5. The maximum absolute atomic E-state index is 12.4. The summed E-state index contributed by atoms with van der Waals surface area (Å²) in [6.07, 6.45) is 1.16. The number of morpholine rings is 1. The standard InChI is InChI=1S/C18H29N5O3/c1-14-15(2)19-20-16(14)3-4-17(24)22-7-5-21(6-8-22)13-18(25)23-9-11-26-12-10-23/h3-13H2,1-2H3,(H,19,20). The maximum atomic E-state index is 12.4. The van der Waals surface area contributed by atoms with Gasteiger partial charge in [-0.05, 0) is 19.4 Å². The number of hydrogen-bond acceptors (Lipinski definition) is 5. The Bertz CT molecular complexity index is 631. The molecule has 0 bridgehead atoms. The molecule has 0 unspecified atom stereocenters. The van der Waals surface area contributed by atoms with Crippen molar-refractivity contribution in [1.82, 2.24) is 24.9 Å². The van der Waals surface area contributed by atoms with Crippen LogP contribution in [0.1, 0.15) is 23.4 Å². The normalized spacial score (nSPS) is 19.0. The second kappa shape index (κ2) is 8.64. The summed E-state index contributed by atoms with van der Waals surface area (Å²) in [4.78, 5) is 30.7. The van der Waals surface area contributed by atoms with Gasteiger partial charge in [0.25, 0.3) is 0 Å². The predicted molar refractivity (Wildman–Crippen MR) is 96.8 cm³/mol. The van der Waals surface area contributed by atoms with Crippen LogP contribution in [-0.2, 0) is 20.7 Å². The summed E-state index contributed by atoms with van der Waals surface area (Å²) in [5.41, 5.74) is 3.18. The van der Waals surface area contributed by atoms with Gasteiger partial charge in [-0.1, -0.05) is 0 Å². The first-order valence-corrected chi connectivity index (χ1v) is 9.40. The molecule has 0 atom stereocenters. The molecule has 1 N–H and O–H groups in total. The van der Waals surface area contributed by atoms with Gasteiger partial charge in [0.05, 0.1) is 25.5 Å². The summed E-state index contributed by atoms with van der Waals surface area (Å²) in [6.45, 7) is 9.97. The summed E-state index contributed by atoms with van der Waals surface area (Å²) in [7, 11) is 0. The molecule has 2 aliphatic rings.